The Kier molecular flexibility index (Phi) is 5.64. The third kappa shape index (κ3) is 4.70. The molecular formula is C20H23N3O. The molecule has 3 rings (SSSR count). The smallest absolute Gasteiger partial charge is 0.116 e. The summed E-state index contributed by atoms with van der Waals surface area (Å²) in [5.74, 6) is 0.443. The van der Waals surface area contributed by atoms with E-state index in [1.54, 1.807) is 0 Å². The van der Waals surface area contributed by atoms with Gasteiger partial charge in [-0.15, -0.1) is 0 Å². The van der Waals surface area contributed by atoms with Gasteiger partial charge in [-0.05, 0) is 23.8 Å². The summed E-state index contributed by atoms with van der Waals surface area (Å²) >= 11 is 0. The van der Waals surface area contributed by atoms with E-state index < -0.39 is 0 Å². The van der Waals surface area contributed by atoms with Crippen LogP contribution in [0.3, 0.4) is 0 Å². The van der Waals surface area contributed by atoms with Crippen molar-refractivity contribution in [2.45, 2.75) is 13.0 Å². The molecule has 1 aliphatic rings. The fourth-order valence-electron chi connectivity index (χ4n) is 2.71. The molecule has 2 heterocycles. The van der Waals surface area contributed by atoms with E-state index in [0.29, 0.717) is 18.8 Å². The first kappa shape index (κ1) is 16.3. The number of hydrogen-bond donors (Lipinski definition) is 2. The quantitative estimate of drug-likeness (QED) is 0.770. The number of aromatic nitrogens is 1. The van der Waals surface area contributed by atoms with Crippen molar-refractivity contribution in [3.05, 3.63) is 89.6 Å². The SMILES string of the molecule is OC1=C(CNCCc2ccccn2)C=CN(Cc2ccccc2)C1. The molecule has 2 N–H and O–H groups in total. The Balaban J connectivity index is 1.44. The topological polar surface area (TPSA) is 48.4 Å². The molecule has 0 atom stereocenters. The molecule has 4 nitrogen and oxygen atoms in total. The zero-order valence-corrected chi connectivity index (χ0v) is 13.7. The van der Waals surface area contributed by atoms with Gasteiger partial charge in [-0.2, -0.15) is 0 Å². The minimum atomic E-state index is 0.443. The summed E-state index contributed by atoms with van der Waals surface area (Å²) in [7, 11) is 0. The van der Waals surface area contributed by atoms with E-state index in [2.05, 4.69) is 33.5 Å². The number of rotatable bonds is 7. The Morgan fingerprint density at radius 3 is 2.67 bits per heavy atom. The van der Waals surface area contributed by atoms with Crippen molar-refractivity contribution in [1.29, 1.82) is 0 Å². The van der Waals surface area contributed by atoms with Gasteiger partial charge in [-0.3, -0.25) is 4.98 Å². The second kappa shape index (κ2) is 8.31. The Morgan fingerprint density at radius 1 is 1.08 bits per heavy atom. The second-order valence-electron chi connectivity index (χ2n) is 5.93. The number of aliphatic hydroxyl groups is 1. The van der Waals surface area contributed by atoms with E-state index in [1.165, 1.54) is 5.56 Å². The normalized spacial score (nSPS) is 14.2. The summed E-state index contributed by atoms with van der Waals surface area (Å²) in [4.78, 5) is 6.42. The molecule has 0 spiro atoms. The molecule has 4 heteroatoms. The summed E-state index contributed by atoms with van der Waals surface area (Å²) in [6.07, 6.45) is 6.76. The Hall–Kier alpha value is -2.59. The lowest BCUT2D eigenvalue weighted by Crippen LogP contribution is -2.27. The highest BCUT2D eigenvalue weighted by Gasteiger charge is 2.12. The van der Waals surface area contributed by atoms with E-state index in [0.717, 1.165) is 30.8 Å². The molecule has 124 valence electrons. The van der Waals surface area contributed by atoms with E-state index in [9.17, 15) is 5.11 Å². The summed E-state index contributed by atoms with van der Waals surface area (Å²) in [5, 5.41) is 13.6. The second-order valence-corrected chi connectivity index (χ2v) is 5.93. The molecule has 24 heavy (non-hydrogen) atoms. The van der Waals surface area contributed by atoms with E-state index in [4.69, 9.17) is 0 Å². The maximum absolute atomic E-state index is 10.3. The first-order valence-electron chi connectivity index (χ1n) is 8.29. The van der Waals surface area contributed by atoms with Crippen molar-refractivity contribution in [3.8, 4) is 0 Å². The van der Waals surface area contributed by atoms with Crippen molar-refractivity contribution < 1.29 is 5.11 Å². The molecule has 0 saturated carbocycles. The predicted octanol–water partition coefficient (Wildman–Crippen LogP) is 3.06. The van der Waals surface area contributed by atoms with Crippen molar-refractivity contribution in [2.75, 3.05) is 19.6 Å². The predicted molar refractivity (Wildman–Crippen MR) is 96.5 cm³/mol. The van der Waals surface area contributed by atoms with Crippen LogP contribution >= 0.6 is 0 Å². The van der Waals surface area contributed by atoms with Gasteiger partial charge in [0.25, 0.3) is 0 Å². The molecule has 0 amide bonds. The molecule has 0 unspecified atom stereocenters. The number of hydrogen-bond acceptors (Lipinski definition) is 4. The van der Waals surface area contributed by atoms with Gasteiger partial charge in [0.15, 0.2) is 0 Å². The van der Waals surface area contributed by atoms with Gasteiger partial charge in [-0.25, -0.2) is 0 Å². The molecule has 1 aromatic carbocycles. The first-order chi connectivity index (χ1) is 11.8. The molecule has 2 aromatic rings. The zero-order chi connectivity index (χ0) is 16.6. The van der Waals surface area contributed by atoms with Gasteiger partial charge in [0.1, 0.15) is 5.76 Å². The highest BCUT2D eigenvalue weighted by Crippen LogP contribution is 2.15. The van der Waals surface area contributed by atoms with Gasteiger partial charge in [-0.1, -0.05) is 36.4 Å². The van der Waals surface area contributed by atoms with Crippen molar-refractivity contribution >= 4 is 0 Å². The van der Waals surface area contributed by atoms with Gasteiger partial charge >= 0.3 is 0 Å². The van der Waals surface area contributed by atoms with Crippen LogP contribution in [0.15, 0.2) is 78.3 Å². The lowest BCUT2D eigenvalue weighted by molar-refractivity contribution is 0.296. The van der Waals surface area contributed by atoms with E-state index >= 15 is 0 Å². The maximum Gasteiger partial charge on any atom is 0.116 e. The fourth-order valence-corrected chi connectivity index (χ4v) is 2.71. The third-order valence-electron chi connectivity index (χ3n) is 4.04. The maximum atomic E-state index is 10.3. The fraction of sp³-hybridized carbons (Fsp3) is 0.250. The van der Waals surface area contributed by atoms with Gasteiger partial charge in [0.05, 0.1) is 6.54 Å². The molecule has 0 radical (unpaired) electrons. The number of aliphatic hydroxyl groups excluding tert-OH is 1. The highest BCUT2D eigenvalue weighted by molar-refractivity contribution is 5.28. The van der Waals surface area contributed by atoms with E-state index in [1.807, 2.05) is 48.7 Å². The van der Waals surface area contributed by atoms with Crippen LogP contribution in [0.5, 0.6) is 0 Å². The van der Waals surface area contributed by atoms with Crippen LogP contribution in [-0.4, -0.2) is 34.6 Å². The average molecular weight is 321 g/mol. The van der Waals surface area contributed by atoms with Crippen LogP contribution < -0.4 is 5.32 Å². The van der Waals surface area contributed by atoms with Crippen LogP contribution in [0.25, 0.3) is 0 Å². The third-order valence-corrected chi connectivity index (χ3v) is 4.04. The van der Waals surface area contributed by atoms with Gasteiger partial charge < -0.3 is 15.3 Å². The van der Waals surface area contributed by atoms with Gasteiger partial charge in [0.2, 0.25) is 0 Å². The number of benzene rings is 1. The summed E-state index contributed by atoms with van der Waals surface area (Å²) < 4.78 is 0. The number of nitrogens with one attached hydrogen (secondary N) is 1. The van der Waals surface area contributed by atoms with Crippen LogP contribution in [0.2, 0.25) is 0 Å². The van der Waals surface area contributed by atoms with Crippen LogP contribution in [0, 0.1) is 0 Å². The minimum Gasteiger partial charge on any atom is -0.510 e. The first-order valence-corrected chi connectivity index (χ1v) is 8.29. The molecule has 1 aliphatic heterocycles. The highest BCUT2D eigenvalue weighted by atomic mass is 16.3. The minimum absolute atomic E-state index is 0.443. The number of pyridine rings is 1. The summed E-state index contributed by atoms with van der Waals surface area (Å²) in [5.41, 5.74) is 3.28. The van der Waals surface area contributed by atoms with Crippen LogP contribution in [0.1, 0.15) is 11.3 Å². The lowest BCUT2D eigenvalue weighted by atomic mass is 10.1. The molecule has 1 aromatic heterocycles. The van der Waals surface area contributed by atoms with E-state index in [-0.39, 0.29) is 0 Å². The van der Waals surface area contributed by atoms with Gasteiger partial charge in [0, 0.05) is 49.7 Å². The Labute approximate surface area is 143 Å². The molecule has 0 saturated heterocycles. The van der Waals surface area contributed by atoms with Crippen LogP contribution in [0.4, 0.5) is 0 Å². The van der Waals surface area contributed by atoms with Crippen molar-refractivity contribution in [2.24, 2.45) is 0 Å². The molecular weight excluding hydrogens is 298 g/mol. The average Bonchev–Trinajstić information content (AvgIpc) is 2.62. The summed E-state index contributed by atoms with van der Waals surface area (Å²) in [6, 6.07) is 16.2. The van der Waals surface area contributed by atoms with Crippen molar-refractivity contribution in [3.63, 3.8) is 0 Å². The largest absolute Gasteiger partial charge is 0.510 e. The lowest BCUT2D eigenvalue weighted by Gasteiger charge is -2.25. The summed E-state index contributed by atoms with van der Waals surface area (Å²) in [6.45, 7) is 2.88. The Morgan fingerprint density at radius 2 is 1.92 bits per heavy atom. The molecule has 0 fully saturated rings. The Bertz CT molecular complexity index is 695. The standard InChI is InChI=1S/C20H23N3O/c24-20-16-23(15-17-6-2-1-3-7-17)13-10-18(20)14-21-12-9-19-8-4-5-11-22-19/h1-8,10-11,13,21,24H,9,12,14-16H2. The van der Waals surface area contributed by atoms with Crippen molar-refractivity contribution in [1.82, 2.24) is 15.2 Å². The monoisotopic (exact) mass is 321 g/mol. The molecule has 0 bridgehead atoms. The van der Waals surface area contributed by atoms with Crippen LogP contribution in [-0.2, 0) is 13.0 Å². The molecule has 0 aliphatic carbocycles. The number of nitrogens with zero attached hydrogens (tertiary/aromatic N) is 2. The zero-order valence-electron chi connectivity index (χ0n) is 13.7.